The van der Waals surface area contributed by atoms with Crippen molar-refractivity contribution < 1.29 is 31.2 Å². The van der Waals surface area contributed by atoms with Gasteiger partial charge in [-0.05, 0) is 34.8 Å². The molecule has 0 bridgehead atoms. The largest absolute Gasteiger partial charge is 1.00 e. The zero-order chi connectivity index (χ0) is 12.7. The molecule has 0 saturated heterocycles. The minimum Gasteiger partial charge on any atom is -1.00 e. The number of hydrogen-bond acceptors (Lipinski definition) is 2. The summed E-state index contributed by atoms with van der Waals surface area (Å²) < 4.78 is 1.34. The van der Waals surface area contributed by atoms with Crippen LogP contribution in [0.1, 0.15) is 20.7 Å². The van der Waals surface area contributed by atoms with Gasteiger partial charge in [-0.2, -0.15) is 0 Å². The molecule has 0 fully saturated rings. The van der Waals surface area contributed by atoms with E-state index in [2.05, 4.69) is 0 Å². The van der Waals surface area contributed by atoms with Gasteiger partial charge in [-0.25, -0.2) is 0 Å². The molecular weight excluding hydrogens is 332 g/mol. The molecule has 0 aliphatic carbocycles. The average Bonchev–Trinajstić information content (AvgIpc) is 2.64. The van der Waals surface area contributed by atoms with Gasteiger partial charge in [0.2, 0.25) is 6.20 Å². The van der Waals surface area contributed by atoms with Gasteiger partial charge in [0.25, 0.3) is 0 Å². The Morgan fingerprint density at radius 3 is 1.95 bits per heavy atom. The minimum absolute atomic E-state index is 0. The first-order valence-electron chi connectivity index (χ1n) is 5.34. The first kappa shape index (κ1) is 13.7. The molecule has 1 aromatic carbocycles. The number of nitrogens with zero attached hydrogens (tertiary/aromatic N) is 2. The Bertz CT molecular complexity index is 640. The number of aromatic nitrogens is 1. The van der Waals surface area contributed by atoms with Crippen molar-refractivity contribution >= 4 is 23.4 Å². The fourth-order valence-electron chi connectivity index (χ4n) is 1.95. The predicted octanol–water partition coefficient (Wildman–Crippen LogP) is -1.44. The van der Waals surface area contributed by atoms with Gasteiger partial charge in [0, 0.05) is 12.1 Å². The van der Waals surface area contributed by atoms with E-state index < -0.39 is 0 Å². The van der Waals surface area contributed by atoms with Crippen LogP contribution in [-0.4, -0.2) is 11.8 Å². The lowest BCUT2D eigenvalue weighted by Gasteiger charge is -2.06. The van der Waals surface area contributed by atoms with Crippen LogP contribution in [0.3, 0.4) is 0 Å². The lowest BCUT2D eigenvalue weighted by molar-refractivity contribution is -0.669. The van der Waals surface area contributed by atoms with Crippen molar-refractivity contribution in [3.8, 4) is 0 Å². The SMILES string of the molecule is O=C1c2ccccc2C(=O)N1[n+]1ccccc1Cl.[Br-]. The summed E-state index contributed by atoms with van der Waals surface area (Å²) >= 11 is 5.99. The summed E-state index contributed by atoms with van der Waals surface area (Å²) in [5.41, 5.74) is 0.796. The highest BCUT2D eigenvalue weighted by atomic mass is 79.9. The van der Waals surface area contributed by atoms with E-state index in [4.69, 9.17) is 11.6 Å². The third-order valence-corrected chi connectivity index (χ3v) is 3.08. The van der Waals surface area contributed by atoms with E-state index in [1.807, 2.05) is 0 Å². The summed E-state index contributed by atoms with van der Waals surface area (Å²) in [7, 11) is 0. The number of benzene rings is 1. The van der Waals surface area contributed by atoms with Crippen LogP contribution in [0.15, 0.2) is 48.7 Å². The van der Waals surface area contributed by atoms with Crippen molar-refractivity contribution in [2.75, 3.05) is 5.01 Å². The summed E-state index contributed by atoms with van der Waals surface area (Å²) in [6.07, 6.45) is 1.57. The molecule has 0 atom stereocenters. The van der Waals surface area contributed by atoms with Crippen molar-refractivity contribution in [3.05, 3.63) is 64.9 Å². The Labute approximate surface area is 125 Å². The summed E-state index contributed by atoms with van der Waals surface area (Å²) in [4.78, 5) is 24.4. The number of carbonyl (C=O) groups excluding carboxylic acids is 2. The number of fused-ring (bicyclic) bond motifs is 1. The standard InChI is InChI=1S/C13H8ClN2O2.BrH/c14-11-7-3-4-8-15(11)16-12(17)9-5-1-2-6-10(9)13(16)18;/h1-8H;1H/q+1;/p-1. The molecule has 2 amide bonds. The maximum absolute atomic E-state index is 12.2. The van der Waals surface area contributed by atoms with Crippen molar-refractivity contribution in [1.82, 2.24) is 0 Å². The summed E-state index contributed by atoms with van der Waals surface area (Å²) in [5, 5.41) is 1.33. The van der Waals surface area contributed by atoms with Crippen molar-refractivity contribution in [3.63, 3.8) is 0 Å². The van der Waals surface area contributed by atoms with Crippen molar-refractivity contribution in [2.24, 2.45) is 0 Å². The van der Waals surface area contributed by atoms with E-state index in [9.17, 15) is 9.59 Å². The van der Waals surface area contributed by atoms with Gasteiger partial charge in [-0.15, -0.1) is 0 Å². The van der Waals surface area contributed by atoms with Crippen LogP contribution in [0.5, 0.6) is 0 Å². The fraction of sp³-hybridized carbons (Fsp3) is 0. The molecule has 3 rings (SSSR count). The van der Waals surface area contributed by atoms with E-state index in [1.54, 1.807) is 48.7 Å². The molecule has 0 unspecified atom stereocenters. The number of hydrogen-bond donors (Lipinski definition) is 0. The molecule has 0 spiro atoms. The molecule has 6 heteroatoms. The smallest absolute Gasteiger partial charge is 0.319 e. The highest BCUT2D eigenvalue weighted by Crippen LogP contribution is 2.19. The minimum atomic E-state index is -0.367. The van der Waals surface area contributed by atoms with Crippen LogP contribution in [0, 0.1) is 0 Å². The third-order valence-electron chi connectivity index (χ3n) is 2.78. The van der Waals surface area contributed by atoms with E-state index in [0.29, 0.717) is 16.3 Å². The first-order chi connectivity index (χ1) is 8.70. The van der Waals surface area contributed by atoms with E-state index in [-0.39, 0.29) is 28.8 Å². The molecule has 1 aliphatic heterocycles. The fourth-order valence-corrected chi connectivity index (χ4v) is 2.15. The van der Waals surface area contributed by atoms with Crippen molar-refractivity contribution in [2.45, 2.75) is 0 Å². The topological polar surface area (TPSA) is 41.3 Å². The molecule has 96 valence electrons. The third kappa shape index (κ3) is 2.05. The molecule has 4 nitrogen and oxygen atoms in total. The van der Waals surface area contributed by atoms with E-state index in [1.165, 1.54) is 4.68 Å². The lowest BCUT2D eigenvalue weighted by Crippen LogP contribution is -3.00. The van der Waals surface area contributed by atoms with Crippen LogP contribution < -0.4 is 26.7 Å². The number of pyridine rings is 1. The summed E-state index contributed by atoms with van der Waals surface area (Å²) in [6.45, 7) is 0. The molecule has 1 aromatic heterocycles. The Hall–Kier alpha value is -1.72. The van der Waals surface area contributed by atoms with E-state index >= 15 is 0 Å². The molecular formula is C13H8BrClN2O2. The zero-order valence-corrected chi connectivity index (χ0v) is 11.9. The normalized spacial score (nSPS) is 13.2. The van der Waals surface area contributed by atoms with E-state index in [0.717, 1.165) is 5.01 Å². The van der Waals surface area contributed by atoms with Gasteiger partial charge in [0.05, 0.1) is 11.1 Å². The van der Waals surface area contributed by atoms with Crippen LogP contribution in [-0.2, 0) is 0 Å². The van der Waals surface area contributed by atoms with Gasteiger partial charge in [-0.3, -0.25) is 9.59 Å². The predicted molar refractivity (Wildman–Crippen MR) is 65.0 cm³/mol. The molecule has 0 saturated carbocycles. The first-order valence-corrected chi connectivity index (χ1v) is 5.72. The molecule has 0 radical (unpaired) electrons. The maximum Gasteiger partial charge on any atom is 0.319 e. The van der Waals surface area contributed by atoms with Crippen LogP contribution in [0.4, 0.5) is 0 Å². The molecule has 19 heavy (non-hydrogen) atoms. The summed E-state index contributed by atoms with van der Waals surface area (Å²) in [6, 6.07) is 11.8. The van der Waals surface area contributed by atoms with Gasteiger partial charge < -0.3 is 17.0 Å². The number of amides is 2. The second kappa shape index (κ2) is 5.11. The highest BCUT2D eigenvalue weighted by molar-refractivity contribution is 6.31. The highest BCUT2D eigenvalue weighted by Gasteiger charge is 2.43. The number of imide groups is 1. The molecule has 1 aliphatic rings. The molecule has 0 N–H and O–H groups in total. The van der Waals surface area contributed by atoms with Crippen LogP contribution >= 0.6 is 11.6 Å². The zero-order valence-electron chi connectivity index (χ0n) is 9.59. The Kier molecular flexibility index (Phi) is 3.68. The second-order valence-electron chi connectivity index (χ2n) is 3.84. The Morgan fingerprint density at radius 2 is 1.42 bits per heavy atom. The van der Waals surface area contributed by atoms with Crippen LogP contribution in [0.25, 0.3) is 0 Å². The quantitative estimate of drug-likeness (QED) is 0.363. The van der Waals surface area contributed by atoms with Crippen molar-refractivity contribution in [1.29, 1.82) is 0 Å². The molecule has 2 heterocycles. The second-order valence-corrected chi connectivity index (χ2v) is 4.22. The lowest BCUT2D eigenvalue weighted by atomic mass is 10.1. The summed E-state index contributed by atoms with van der Waals surface area (Å²) in [5.74, 6) is -0.734. The Morgan fingerprint density at radius 1 is 0.895 bits per heavy atom. The average molecular weight is 340 g/mol. The van der Waals surface area contributed by atoms with Gasteiger partial charge >= 0.3 is 17.0 Å². The number of carbonyl (C=O) groups is 2. The molecule has 2 aromatic rings. The number of halogens is 2. The monoisotopic (exact) mass is 338 g/mol. The van der Waals surface area contributed by atoms with Gasteiger partial charge in [0.15, 0.2) is 0 Å². The van der Waals surface area contributed by atoms with Gasteiger partial charge in [0.1, 0.15) is 0 Å². The van der Waals surface area contributed by atoms with Crippen LogP contribution in [0.2, 0.25) is 5.15 Å². The van der Waals surface area contributed by atoms with Gasteiger partial charge in [-0.1, -0.05) is 16.8 Å². The Balaban J connectivity index is 0.00000133. The maximum atomic E-state index is 12.2. The number of rotatable bonds is 1.